The van der Waals surface area contributed by atoms with Crippen LogP contribution in [0.5, 0.6) is 23.0 Å². The zero-order chi connectivity index (χ0) is 33.1. The number of benzene rings is 6. The normalized spacial score (nSPS) is 16.9. The van der Waals surface area contributed by atoms with Gasteiger partial charge in [-0.3, -0.25) is 0 Å². The van der Waals surface area contributed by atoms with Gasteiger partial charge in [0.25, 0.3) is 6.71 Å². The molecule has 0 bridgehead atoms. The van der Waals surface area contributed by atoms with Crippen molar-refractivity contribution in [3.05, 3.63) is 139 Å². The zero-order valence-corrected chi connectivity index (χ0v) is 28.3. The summed E-state index contributed by atoms with van der Waals surface area (Å²) in [6.07, 6.45) is 2.25. The van der Waals surface area contributed by atoms with Gasteiger partial charge in [0.2, 0.25) is 0 Å². The Hall–Kier alpha value is -5.42. The van der Waals surface area contributed by atoms with Crippen LogP contribution in [0.3, 0.4) is 0 Å². The number of nitrogens with zero attached hydrogens (tertiary/aromatic N) is 2. The highest BCUT2D eigenvalue weighted by molar-refractivity contribution is 6.98. The first-order valence-corrected chi connectivity index (χ1v) is 17.4. The second kappa shape index (κ2) is 10.1. The fraction of sp³-hybridized carbons (Fsp3) is 0.182. The molecule has 0 saturated carbocycles. The summed E-state index contributed by atoms with van der Waals surface area (Å²) in [5.74, 6) is 3.76. The van der Waals surface area contributed by atoms with E-state index in [-0.39, 0.29) is 17.5 Å². The predicted octanol–water partition coefficient (Wildman–Crippen LogP) is 10.0. The van der Waals surface area contributed by atoms with Gasteiger partial charge in [0.1, 0.15) is 23.0 Å². The molecule has 5 heteroatoms. The van der Waals surface area contributed by atoms with Crippen LogP contribution in [-0.2, 0) is 10.8 Å². The van der Waals surface area contributed by atoms with Gasteiger partial charge < -0.3 is 19.3 Å². The van der Waals surface area contributed by atoms with Crippen molar-refractivity contribution in [2.24, 2.45) is 0 Å². The van der Waals surface area contributed by atoms with Crippen molar-refractivity contribution >= 4 is 57.2 Å². The molecule has 4 nitrogen and oxygen atoms in total. The topological polar surface area (TPSA) is 24.9 Å². The smallest absolute Gasteiger partial charge is 0.260 e. The van der Waals surface area contributed by atoms with Crippen molar-refractivity contribution in [1.82, 2.24) is 0 Å². The second-order valence-electron chi connectivity index (χ2n) is 15.2. The molecule has 0 radical (unpaired) electrons. The first-order valence-electron chi connectivity index (χ1n) is 17.4. The van der Waals surface area contributed by atoms with E-state index in [9.17, 15) is 0 Å². The summed E-state index contributed by atoms with van der Waals surface area (Å²) >= 11 is 0. The lowest BCUT2D eigenvalue weighted by molar-refractivity contribution is 0.318. The Balaban J connectivity index is 1.20. The van der Waals surface area contributed by atoms with Gasteiger partial charge in [0.15, 0.2) is 0 Å². The maximum Gasteiger partial charge on any atom is 0.260 e. The average molecular weight is 637 g/mol. The van der Waals surface area contributed by atoms with Gasteiger partial charge >= 0.3 is 0 Å². The van der Waals surface area contributed by atoms with Gasteiger partial charge in [0.05, 0.1) is 22.7 Å². The van der Waals surface area contributed by atoms with E-state index in [1.54, 1.807) is 0 Å². The summed E-state index contributed by atoms with van der Waals surface area (Å²) in [4.78, 5) is 4.77. The number of para-hydroxylation sites is 6. The van der Waals surface area contributed by atoms with E-state index in [2.05, 4.69) is 165 Å². The molecular weight excluding hydrogens is 599 g/mol. The molecule has 0 N–H and O–H groups in total. The Bertz CT molecular complexity index is 2280. The number of ether oxygens (including phenoxy) is 2. The van der Waals surface area contributed by atoms with Gasteiger partial charge in [0, 0.05) is 22.4 Å². The lowest BCUT2D eigenvalue weighted by Gasteiger charge is -2.45. The van der Waals surface area contributed by atoms with Crippen molar-refractivity contribution in [2.75, 3.05) is 9.80 Å². The van der Waals surface area contributed by atoms with Crippen LogP contribution in [0.25, 0.3) is 0 Å². The fourth-order valence-corrected chi connectivity index (χ4v) is 8.79. The van der Waals surface area contributed by atoms with Crippen LogP contribution in [-0.4, -0.2) is 6.71 Å². The molecule has 4 aliphatic rings. The lowest BCUT2D eigenvalue weighted by atomic mass is 9.34. The largest absolute Gasteiger partial charge is 0.458 e. The number of rotatable bonds is 2. The van der Waals surface area contributed by atoms with Crippen molar-refractivity contribution in [1.29, 1.82) is 0 Å². The Labute approximate surface area is 288 Å². The Kier molecular flexibility index (Phi) is 5.86. The molecule has 6 aromatic rings. The third kappa shape index (κ3) is 4.05. The summed E-state index contributed by atoms with van der Waals surface area (Å²) in [6, 6.07) is 45.7. The molecule has 1 aliphatic carbocycles. The van der Waals surface area contributed by atoms with Crippen LogP contribution in [0, 0.1) is 0 Å². The highest BCUT2D eigenvalue weighted by Gasteiger charge is 2.47. The van der Waals surface area contributed by atoms with E-state index in [1.165, 1.54) is 16.6 Å². The van der Waals surface area contributed by atoms with Crippen LogP contribution >= 0.6 is 0 Å². The molecule has 0 amide bonds. The van der Waals surface area contributed by atoms with Crippen LogP contribution in [0.2, 0.25) is 0 Å². The minimum Gasteiger partial charge on any atom is -0.458 e. The number of anilines is 6. The van der Waals surface area contributed by atoms with Crippen LogP contribution < -0.4 is 35.7 Å². The van der Waals surface area contributed by atoms with Gasteiger partial charge in [-0.05, 0) is 107 Å². The highest BCUT2D eigenvalue weighted by atomic mass is 16.5. The molecule has 3 heterocycles. The summed E-state index contributed by atoms with van der Waals surface area (Å²) in [6.45, 7) is 9.47. The minimum atomic E-state index is -0.0139. The van der Waals surface area contributed by atoms with E-state index < -0.39 is 0 Å². The molecule has 10 rings (SSSR count). The Morgan fingerprint density at radius 3 is 1.78 bits per heavy atom. The van der Waals surface area contributed by atoms with E-state index in [0.717, 1.165) is 80.9 Å². The molecular formula is C44H37BN2O2. The molecule has 0 saturated heterocycles. The van der Waals surface area contributed by atoms with E-state index in [1.807, 2.05) is 0 Å². The van der Waals surface area contributed by atoms with Crippen molar-refractivity contribution < 1.29 is 9.47 Å². The molecule has 0 unspecified atom stereocenters. The maximum atomic E-state index is 7.12. The first kappa shape index (κ1) is 28.6. The third-order valence-electron chi connectivity index (χ3n) is 11.3. The zero-order valence-electron chi connectivity index (χ0n) is 28.3. The van der Waals surface area contributed by atoms with Crippen molar-refractivity contribution in [3.8, 4) is 23.0 Å². The quantitative estimate of drug-likeness (QED) is 0.176. The van der Waals surface area contributed by atoms with Gasteiger partial charge in [-0.1, -0.05) is 88.4 Å². The Morgan fingerprint density at radius 2 is 1.08 bits per heavy atom. The van der Waals surface area contributed by atoms with Crippen molar-refractivity contribution in [3.63, 3.8) is 0 Å². The Morgan fingerprint density at radius 1 is 0.510 bits per heavy atom. The summed E-state index contributed by atoms with van der Waals surface area (Å²) in [7, 11) is 0. The predicted molar refractivity (Wildman–Crippen MR) is 202 cm³/mol. The number of hydrogen-bond donors (Lipinski definition) is 0. The molecule has 3 aliphatic heterocycles. The fourth-order valence-electron chi connectivity index (χ4n) is 8.79. The summed E-state index contributed by atoms with van der Waals surface area (Å²) in [5, 5.41) is 0. The molecule has 238 valence electrons. The highest BCUT2D eigenvalue weighted by Crippen LogP contribution is 2.55. The molecule has 49 heavy (non-hydrogen) atoms. The van der Waals surface area contributed by atoms with Crippen molar-refractivity contribution in [2.45, 2.75) is 51.4 Å². The van der Waals surface area contributed by atoms with E-state index >= 15 is 0 Å². The SMILES string of the molecule is CC1(C)CCC(C)(C)c2c1cc1c3c2Oc2ccc(N4c5ccccc5N(c5ccccc5)c5ccccc54)cc2B3c2ccccc2O1. The third-order valence-corrected chi connectivity index (χ3v) is 11.3. The van der Waals surface area contributed by atoms with Gasteiger partial charge in [-0.2, -0.15) is 0 Å². The van der Waals surface area contributed by atoms with Gasteiger partial charge in [-0.25, -0.2) is 0 Å². The number of hydrogen-bond acceptors (Lipinski definition) is 4. The molecule has 0 aromatic heterocycles. The minimum absolute atomic E-state index is 0.0131. The van der Waals surface area contributed by atoms with Crippen LogP contribution in [0.15, 0.2) is 127 Å². The maximum absolute atomic E-state index is 7.12. The van der Waals surface area contributed by atoms with E-state index in [0.29, 0.717) is 0 Å². The number of fused-ring (bicyclic) bond motifs is 8. The lowest BCUT2D eigenvalue weighted by Crippen LogP contribution is -2.58. The van der Waals surface area contributed by atoms with E-state index in [4.69, 9.17) is 9.47 Å². The van der Waals surface area contributed by atoms with Crippen LogP contribution in [0.1, 0.15) is 51.7 Å². The molecule has 6 aromatic carbocycles. The first-order chi connectivity index (χ1) is 23.8. The summed E-state index contributed by atoms with van der Waals surface area (Å²) in [5.41, 5.74) is 13.0. The average Bonchev–Trinajstić information content (AvgIpc) is 3.12. The monoisotopic (exact) mass is 636 g/mol. The van der Waals surface area contributed by atoms with Crippen LogP contribution in [0.4, 0.5) is 34.1 Å². The summed E-state index contributed by atoms with van der Waals surface area (Å²) < 4.78 is 13.9. The molecule has 0 spiro atoms. The second-order valence-corrected chi connectivity index (χ2v) is 15.2. The standard InChI is InChI=1S/C44H37BN2O2/c1-43(2)24-25-44(3,4)40-30(43)27-39-41-42(40)49-38-23-22-29(26-32(38)45(41)31-16-8-13-21-37(31)48-39)47-35-19-11-9-17-33(35)46(28-14-6-5-7-15-28)34-18-10-12-20-36(34)47/h5-23,26-27H,24-25H2,1-4H3. The molecule has 0 atom stereocenters. The molecule has 0 fully saturated rings. The van der Waals surface area contributed by atoms with Gasteiger partial charge in [-0.15, -0.1) is 0 Å².